The van der Waals surface area contributed by atoms with E-state index in [1.807, 2.05) is 20.8 Å². The molecule has 0 heterocycles. The number of allylic oxidation sites excluding steroid dienone is 2. The molecule has 8 aliphatic carbocycles. The summed E-state index contributed by atoms with van der Waals surface area (Å²) in [6.07, 6.45) is 10.2. The van der Waals surface area contributed by atoms with E-state index in [2.05, 4.69) is 12.2 Å². The van der Waals surface area contributed by atoms with E-state index in [0.29, 0.717) is 11.8 Å². The van der Waals surface area contributed by atoms with Crippen molar-refractivity contribution in [3.8, 4) is 0 Å². The summed E-state index contributed by atoms with van der Waals surface area (Å²) in [5, 5.41) is 10.2. The van der Waals surface area contributed by atoms with Gasteiger partial charge in [-0.15, -0.1) is 0 Å². The number of hydrogen-bond acceptors (Lipinski definition) is 3. The van der Waals surface area contributed by atoms with Gasteiger partial charge in [0.05, 0.1) is 11.8 Å². The highest BCUT2D eigenvalue weighted by molar-refractivity contribution is 5.83. The van der Waals surface area contributed by atoms with Gasteiger partial charge in [0, 0.05) is 0 Å². The molecule has 4 heteroatoms. The normalized spacial score (nSPS) is 61.3. The van der Waals surface area contributed by atoms with Gasteiger partial charge < -0.3 is 9.84 Å². The van der Waals surface area contributed by atoms with Crippen LogP contribution in [0.5, 0.6) is 0 Å². The Morgan fingerprint density at radius 3 is 1.62 bits per heavy atom. The van der Waals surface area contributed by atoms with Gasteiger partial charge in [0.25, 0.3) is 0 Å². The number of hydrogen-bond donors (Lipinski definition) is 1. The van der Waals surface area contributed by atoms with Crippen molar-refractivity contribution in [2.24, 2.45) is 94.7 Å². The van der Waals surface area contributed by atoms with Crippen LogP contribution in [0.4, 0.5) is 0 Å². The van der Waals surface area contributed by atoms with Crippen molar-refractivity contribution in [2.45, 2.75) is 52.1 Å². The minimum Gasteiger partial charge on any atom is -0.481 e. The summed E-state index contributed by atoms with van der Waals surface area (Å²) in [6, 6.07) is 0. The van der Waals surface area contributed by atoms with Crippen molar-refractivity contribution in [3.05, 3.63) is 12.2 Å². The van der Waals surface area contributed by atoms with Gasteiger partial charge in [-0.1, -0.05) is 12.2 Å². The number of ether oxygens (including phenoxy) is 1. The smallest absolute Gasteiger partial charge is 0.310 e. The summed E-state index contributed by atoms with van der Waals surface area (Å²) in [7, 11) is 0. The Morgan fingerprint density at radius 1 is 0.688 bits per heavy atom. The van der Waals surface area contributed by atoms with Crippen LogP contribution in [0.25, 0.3) is 0 Å². The van der Waals surface area contributed by atoms with Gasteiger partial charge in [0.15, 0.2) is 0 Å². The molecule has 172 valence electrons. The highest BCUT2D eigenvalue weighted by atomic mass is 16.6. The number of carboxylic acid groups (broad SMARTS) is 1. The summed E-state index contributed by atoms with van der Waals surface area (Å²) in [5.74, 6) is 8.32. The number of carbonyl (C=O) groups excluding carboxylic acids is 1. The van der Waals surface area contributed by atoms with Crippen molar-refractivity contribution in [1.82, 2.24) is 0 Å². The minimum atomic E-state index is -0.752. The average molecular weight is 437 g/mol. The largest absolute Gasteiger partial charge is 0.481 e. The molecular formula is C28H36O4. The standard InChI is InChI=1S/C28H36O4/c1-28(2,3)32-27(31)25-17-9-16(24(25)26(29)30)22-14-8-15(23(17)22)21-13-7-12(20(14)21)18-10-4-5-11(6-10)19(13)18/h4-5,10-25H,6-9H2,1-3H3,(H,29,30). The van der Waals surface area contributed by atoms with E-state index in [4.69, 9.17) is 4.74 Å². The van der Waals surface area contributed by atoms with Gasteiger partial charge >= 0.3 is 11.9 Å². The Morgan fingerprint density at radius 2 is 1.12 bits per heavy atom. The number of carbonyl (C=O) groups is 2. The fraction of sp³-hybridized carbons (Fsp3) is 0.857. The van der Waals surface area contributed by atoms with E-state index >= 15 is 0 Å². The summed E-state index contributed by atoms with van der Waals surface area (Å²) >= 11 is 0. The zero-order valence-electron chi connectivity index (χ0n) is 19.4. The number of aliphatic carboxylic acids is 1. The zero-order valence-corrected chi connectivity index (χ0v) is 19.4. The Hall–Kier alpha value is -1.32. The molecular weight excluding hydrogens is 400 g/mol. The number of carboxylic acids is 1. The van der Waals surface area contributed by atoms with E-state index in [1.165, 1.54) is 19.3 Å². The predicted octanol–water partition coefficient (Wildman–Crippen LogP) is 4.50. The van der Waals surface area contributed by atoms with Crippen LogP contribution in [0.15, 0.2) is 12.2 Å². The molecule has 0 saturated heterocycles. The molecule has 0 radical (unpaired) electrons. The first-order valence-electron chi connectivity index (χ1n) is 13.4. The highest BCUT2D eigenvalue weighted by Crippen LogP contribution is 2.81. The van der Waals surface area contributed by atoms with E-state index in [0.717, 1.165) is 65.6 Å². The fourth-order valence-corrected chi connectivity index (χ4v) is 12.5. The Kier molecular flexibility index (Phi) is 3.37. The van der Waals surface area contributed by atoms with Crippen molar-refractivity contribution in [3.63, 3.8) is 0 Å². The summed E-state index contributed by atoms with van der Waals surface area (Å²) < 4.78 is 5.80. The summed E-state index contributed by atoms with van der Waals surface area (Å²) in [6.45, 7) is 5.69. The minimum absolute atomic E-state index is 0.200. The molecule has 0 aromatic rings. The first-order chi connectivity index (χ1) is 15.2. The second-order valence-electron chi connectivity index (χ2n) is 14.0. The van der Waals surface area contributed by atoms with E-state index < -0.39 is 23.4 Å². The maximum Gasteiger partial charge on any atom is 0.310 e. The van der Waals surface area contributed by atoms with Gasteiger partial charge in [-0.2, -0.15) is 0 Å². The van der Waals surface area contributed by atoms with E-state index in [9.17, 15) is 14.7 Å². The molecule has 8 aliphatic rings. The average Bonchev–Trinajstić information content (AvgIpc) is 3.54. The number of fused-ring (bicyclic) bond motifs is 23. The molecule has 0 spiro atoms. The van der Waals surface area contributed by atoms with Gasteiger partial charge in [-0.05, 0) is 129 Å². The van der Waals surface area contributed by atoms with Crippen LogP contribution in [0.2, 0.25) is 0 Å². The first-order valence-corrected chi connectivity index (χ1v) is 13.4. The van der Waals surface area contributed by atoms with Crippen LogP contribution in [-0.4, -0.2) is 22.6 Å². The Balaban J connectivity index is 1.14. The second kappa shape index (κ2) is 5.66. The van der Waals surface area contributed by atoms with E-state index in [-0.39, 0.29) is 17.8 Å². The number of esters is 1. The van der Waals surface area contributed by atoms with Crippen LogP contribution in [-0.2, 0) is 14.3 Å². The summed E-state index contributed by atoms with van der Waals surface area (Å²) in [5.41, 5.74) is -0.559. The van der Waals surface area contributed by atoms with Crippen LogP contribution in [0.3, 0.4) is 0 Å². The molecule has 1 N–H and O–H groups in total. The predicted molar refractivity (Wildman–Crippen MR) is 117 cm³/mol. The first kappa shape index (κ1) is 19.0. The quantitative estimate of drug-likeness (QED) is 0.393. The molecule has 0 aromatic carbocycles. The van der Waals surface area contributed by atoms with Crippen LogP contribution in [0, 0.1) is 94.7 Å². The third kappa shape index (κ3) is 2.01. The topological polar surface area (TPSA) is 63.6 Å². The molecule has 32 heavy (non-hydrogen) atoms. The monoisotopic (exact) mass is 436 g/mol. The van der Waals surface area contributed by atoms with Crippen molar-refractivity contribution in [2.75, 3.05) is 0 Å². The second-order valence-corrected chi connectivity index (χ2v) is 14.0. The lowest BCUT2D eigenvalue weighted by Gasteiger charge is -2.51. The molecule has 7 fully saturated rings. The van der Waals surface area contributed by atoms with Gasteiger partial charge in [0.1, 0.15) is 5.60 Å². The maximum absolute atomic E-state index is 13.3. The molecule has 0 aliphatic heterocycles. The van der Waals surface area contributed by atoms with Crippen LogP contribution in [0.1, 0.15) is 46.5 Å². The Labute approximate surface area is 190 Å². The SMILES string of the molecule is CC(C)(C)OC(=O)C1C2CC(C1C(=O)O)C1C3CC(C21)C1C2CC(C4C5C=CC(C5)C24)C31. The molecule has 16 unspecified atom stereocenters. The highest BCUT2D eigenvalue weighted by Gasteiger charge is 2.78. The van der Waals surface area contributed by atoms with Gasteiger partial charge in [-0.25, -0.2) is 0 Å². The zero-order chi connectivity index (χ0) is 21.8. The van der Waals surface area contributed by atoms with Gasteiger partial charge in [-0.3, -0.25) is 9.59 Å². The molecule has 16 atom stereocenters. The lowest BCUT2D eigenvalue weighted by molar-refractivity contribution is -0.173. The maximum atomic E-state index is 13.3. The van der Waals surface area contributed by atoms with Crippen molar-refractivity contribution in [1.29, 1.82) is 0 Å². The van der Waals surface area contributed by atoms with Crippen LogP contribution < -0.4 is 0 Å². The van der Waals surface area contributed by atoms with Crippen molar-refractivity contribution >= 4 is 11.9 Å². The van der Waals surface area contributed by atoms with Gasteiger partial charge in [0.2, 0.25) is 0 Å². The molecule has 7 saturated carbocycles. The third-order valence-electron chi connectivity index (χ3n) is 12.3. The lowest BCUT2D eigenvalue weighted by Crippen LogP contribution is -2.51. The lowest BCUT2D eigenvalue weighted by atomic mass is 9.53. The fourth-order valence-electron chi connectivity index (χ4n) is 12.5. The number of rotatable bonds is 2. The molecule has 0 amide bonds. The van der Waals surface area contributed by atoms with E-state index in [1.54, 1.807) is 0 Å². The summed E-state index contributed by atoms with van der Waals surface area (Å²) in [4.78, 5) is 25.7. The molecule has 8 rings (SSSR count). The third-order valence-corrected chi connectivity index (χ3v) is 12.3. The molecule has 0 aromatic heterocycles. The van der Waals surface area contributed by atoms with Crippen LogP contribution >= 0.6 is 0 Å². The Bertz CT molecular complexity index is 946. The van der Waals surface area contributed by atoms with Crippen molar-refractivity contribution < 1.29 is 19.4 Å². The molecule has 8 bridgehead atoms. The molecule has 4 nitrogen and oxygen atoms in total.